The van der Waals surface area contributed by atoms with E-state index in [1.807, 2.05) is 42.5 Å². The van der Waals surface area contributed by atoms with Crippen molar-refractivity contribution in [1.82, 2.24) is 5.32 Å². The highest BCUT2D eigenvalue weighted by atomic mass is 16.5. The fourth-order valence-corrected chi connectivity index (χ4v) is 3.46. The summed E-state index contributed by atoms with van der Waals surface area (Å²) in [4.78, 5) is 24.7. The molecule has 0 aliphatic heterocycles. The molecule has 2 aromatic carbocycles. The van der Waals surface area contributed by atoms with Gasteiger partial charge >= 0.3 is 5.97 Å². The Morgan fingerprint density at radius 2 is 1.67 bits per heavy atom. The molecule has 1 amide bonds. The molecule has 0 saturated heterocycles. The largest absolute Gasteiger partial charge is 0.452 e. The molecule has 0 heterocycles. The third kappa shape index (κ3) is 4.53. The van der Waals surface area contributed by atoms with Crippen LogP contribution in [0.25, 0.3) is 11.1 Å². The zero-order chi connectivity index (χ0) is 19.1. The quantitative estimate of drug-likeness (QED) is 0.819. The van der Waals surface area contributed by atoms with E-state index < -0.39 is 24.0 Å². The van der Waals surface area contributed by atoms with Gasteiger partial charge in [-0.15, -0.1) is 0 Å². The Hall–Kier alpha value is -3.13. The van der Waals surface area contributed by atoms with E-state index >= 15 is 0 Å². The highest BCUT2D eigenvalue weighted by molar-refractivity contribution is 5.98. The van der Waals surface area contributed by atoms with Gasteiger partial charge in [0.2, 0.25) is 0 Å². The van der Waals surface area contributed by atoms with Crippen LogP contribution in [0.15, 0.2) is 54.6 Å². The Bertz CT molecular complexity index is 849. The number of hydrogen-bond donors (Lipinski definition) is 1. The van der Waals surface area contributed by atoms with Crippen molar-refractivity contribution in [3.05, 3.63) is 60.2 Å². The molecule has 1 fully saturated rings. The van der Waals surface area contributed by atoms with Crippen molar-refractivity contribution in [3.63, 3.8) is 0 Å². The topological polar surface area (TPSA) is 79.2 Å². The van der Waals surface area contributed by atoms with Crippen molar-refractivity contribution in [1.29, 1.82) is 5.26 Å². The highest BCUT2D eigenvalue weighted by Gasteiger charge is 2.33. The van der Waals surface area contributed by atoms with Crippen molar-refractivity contribution in [2.24, 2.45) is 0 Å². The van der Waals surface area contributed by atoms with E-state index in [-0.39, 0.29) is 0 Å². The number of esters is 1. The fraction of sp³-hybridized carbons (Fsp3) is 0.318. The minimum atomic E-state index is -0.830. The van der Waals surface area contributed by atoms with Crippen LogP contribution in [0.5, 0.6) is 0 Å². The maximum atomic E-state index is 12.5. The van der Waals surface area contributed by atoms with Crippen molar-refractivity contribution >= 4 is 11.9 Å². The second-order valence-electron chi connectivity index (χ2n) is 6.79. The summed E-state index contributed by atoms with van der Waals surface area (Å²) >= 11 is 0. The number of carbonyl (C=O) groups is 2. The highest BCUT2D eigenvalue weighted by Crippen LogP contribution is 2.27. The molecule has 3 rings (SSSR count). The molecular formula is C22H22N2O3. The number of nitriles is 1. The van der Waals surface area contributed by atoms with Gasteiger partial charge in [0.05, 0.1) is 11.6 Å². The molecule has 138 valence electrons. The normalized spacial score (nSPS) is 15.4. The standard InChI is InChI=1S/C22H22N2O3/c23-16-22(13-7-2-8-14-22)24-20(25)15-27-21(26)19-12-6-5-11-18(19)17-9-3-1-4-10-17/h1,3-6,9-12H,2,7-8,13-15H2,(H,24,25). The van der Waals surface area contributed by atoms with E-state index in [0.717, 1.165) is 30.4 Å². The van der Waals surface area contributed by atoms with Crippen LogP contribution in [-0.2, 0) is 9.53 Å². The van der Waals surface area contributed by atoms with Crippen LogP contribution in [0, 0.1) is 11.3 Å². The summed E-state index contributed by atoms with van der Waals surface area (Å²) in [6, 6.07) is 18.9. The molecule has 1 aliphatic carbocycles. The lowest BCUT2D eigenvalue weighted by molar-refractivity contribution is -0.125. The van der Waals surface area contributed by atoms with E-state index in [0.29, 0.717) is 18.4 Å². The molecule has 1 N–H and O–H groups in total. The summed E-state index contributed by atoms with van der Waals surface area (Å²) in [7, 11) is 0. The number of ether oxygens (including phenoxy) is 1. The number of rotatable bonds is 5. The number of nitrogens with zero attached hydrogens (tertiary/aromatic N) is 1. The van der Waals surface area contributed by atoms with Gasteiger partial charge < -0.3 is 10.1 Å². The Morgan fingerprint density at radius 3 is 2.37 bits per heavy atom. The molecule has 0 unspecified atom stereocenters. The minimum Gasteiger partial charge on any atom is -0.452 e. The predicted molar refractivity (Wildman–Crippen MR) is 102 cm³/mol. The third-order valence-electron chi connectivity index (χ3n) is 4.87. The van der Waals surface area contributed by atoms with Gasteiger partial charge in [0.25, 0.3) is 5.91 Å². The van der Waals surface area contributed by atoms with Gasteiger partial charge in [-0.25, -0.2) is 4.79 Å². The van der Waals surface area contributed by atoms with Crippen LogP contribution < -0.4 is 5.32 Å². The second-order valence-corrected chi connectivity index (χ2v) is 6.79. The van der Waals surface area contributed by atoms with Crippen molar-refractivity contribution < 1.29 is 14.3 Å². The van der Waals surface area contributed by atoms with Crippen molar-refractivity contribution in [2.45, 2.75) is 37.6 Å². The molecule has 5 heteroatoms. The van der Waals surface area contributed by atoms with Crippen molar-refractivity contribution in [2.75, 3.05) is 6.61 Å². The van der Waals surface area contributed by atoms with Crippen molar-refractivity contribution in [3.8, 4) is 17.2 Å². The summed E-state index contributed by atoms with van der Waals surface area (Å²) in [5, 5.41) is 12.2. The lowest BCUT2D eigenvalue weighted by atomic mass is 9.83. The number of benzene rings is 2. The maximum Gasteiger partial charge on any atom is 0.339 e. The SMILES string of the molecule is N#CC1(NC(=O)COC(=O)c2ccccc2-c2ccccc2)CCCCC1. The first kappa shape index (κ1) is 18.7. The van der Waals surface area contributed by atoms with Crippen LogP contribution in [0.3, 0.4) is 0 Å². The molecule has 0 spiro atoms. The first-order valence-electron chi connectivity index (χ1n) is 9.17. The van der Waals surface area contributed by atoms with Gasteiger partial charge in [-0.2, -0.15) is 5.26 Å². The minimum absolute atomic E-state index is 0.397. The fourth-order valence-electron chi connectivity index (χ4n) is 3.46. The average molecular weight is 362 g/mol. The average Bonchev–Trinajstić information content (AvgIpc) is 2.73. The molecule has 0 radical (unpaired) electrons. The van der Waals surface area contributed by atoms with Crippen LogP contribution in [0.1, 0.15) is 42.5 Å². The lowest BCUT2D eigenvalue weighted by Gasteiger charge is -2.31. The zero-order valence-electron chi connectivity index (χ0n) is 15.1. The lowest BCUT2D eigenvalue weighted by Crippen LogP contribution is -2.50. The Morgan fingerprint density at radius 1 is 1.00 bits per heavy atom. The number of hydrogen-bond acceptors (Lipinski definition) is 4. The summed E-state index contributed by atoms with van der Waals surface area (Å²) in [6.45, 7) is -0.397. The Balaban J connectivity index is 1.65. The summed E-state index contributed by atoms with van der Waals surface area (Å²) in [5.74, 6) is -0.997. The molecule has 0 bridgehead atoms. The molecule has 1 saturated carbocycles. The number of nitrogens with one attached hydrogen (secondary N) is 1. The van der Waals surface area contributed by atoms with Gasteiger partial charge in [0.15, 0.2) is 6.61 Å². The maximum absolute atomic E-state index is 12.5. The second kappa shape index (κ2) is 8.50. The summed E-state index contributed by atoms with van der Waals surface area (Å²) in [5.41, 5.74) is 1.23. The van der Waals surface area contributed by atoms with Crippen LogP contribution >= 0.6 is 0 Å². The van der Waals surface area contributed by atoms with Gasteiger partial charge in [-0.1, -0.05) is 67.8 Å². The molecule has 5 nitrogen and oxygen atoms in total. The number of carbonyl (C=O) groups excluding carboxylic acids is 2. The summed E-state index contributed by atoms with van der Waals surface area (Å²) in [6.07, 6.45) is 4.18. The monoisotopic (exact) mass is 362 g/mol. The van der Waals surface area contributed by atoms with E-state index in [4.69, 9.17) is 4.74 Å². The van der Waals surface area contributed by atoms with E-state index in [1.165, 1.54) is 0 Å². The van der Waals surface area contributed by atoms with Crippen LogP contribution in [0.4, 0.5) is 0 Å². The van der Waals surface area contributed by atoms with E-state index in [2.05, 4.69) is 11.4 Å². The Kier molecular flexibility index (Phi) is 5.87. The van der Waals surface area contributed by atoms with Crippen LogP contribution in [0.2, 0.25) is 0 Å². The van der Waals surface area contributed by atoms with E-state index in [9.17, 15) is 14.9 Å². The molecule has 27 heavy (non-hydrogen) atoms. The van der Waals surface area contributed by atoms with Gasteiger partial charge in [0.1, 0.15) is 5.54 Å². The first-order chi connectivity index (χ1) is 13.1. The molecular weight excluding hydrogens is 340 g/mol. The van der Waals surface area contributed by atoms with Gasteiger partial charge in [-0.3, -0.25) is 4.79 Å². The molecule has 1 aliphatic rings. The molecule has 0 atom stereocenters. The van der Waals surface area contributed by atoms with E-state index in [1.54, 1.807) is 12.1 Å². The van der Waals surface area contributed by atoms with Crippen LogP contribution in [-0.4, -0.2) is 24.0 Å². The predicted octanol–water partition coefficient (Wildman–Crippen LogP) is 3.85. The molecule has 2 aromatic rings. The molecule has 0 aromatic heterocycles. The first-order valence-corrected chi connectivity index (χ1v) is 9.17. The Labute approximate surface area is 159 Å². The summed E-state index contributed by atoms with van der Waals surface area (Å²) < 4.78 is 5.22. The third-order valence-corrected chi connectivity index (χ3v) is 4.87. The van der Waals surface area contributed by atoms with Gasteiger partial charge in [0, 0.05) is 0 Å². The smallest absolute Gasteiger partial charge is 0.339 e. The number of amides is 1. The zero-order valence-corrected chi connectivity index (χ0v) is 15.1. The van der Waals surface area contributed by atoms with Gasteiger partial charge in [-0.05, 0) is 30.0 Å².